The van der Waals surface area contributed by atoms with E-state index in [1.807, 2.05) is 47.4 Å². The van der Waals surface area contributed by atoms with Crippen LogP contribution in [0.15, 0.2) is 48.5 Å². The summed E-state index contributed by atoms with van der Waals surface area (Å²) in [6, 6.07) is 14.9. The highest BCUT2D eigenvalue weighted by atomic mass is 16.2. The van der Waals surface area contributed by atoms with Crippen molar-refractivity contribution >= 4 is 23.4 Å². The van der Waals surface area contributed by atoms with Gasteiger partial charge < -0.3 is 20.4 Å². The van der Waals surface area contributed by atoms with Gasteiger partial charge in [0.25, 0.3) is 5.91 Å². The van der Waals surface area contributed by atoms with Gasteiger partial charge in [-0.15, -0.1) is 0 Å². The molecular weight excluding hydrogens is 428 g/mol. The minimum atomic E-state index is -0.398. The Bertz CT molecular complexity index is 1090. The molecule has 7 nitrogen and oxygen atoms in total. The number of fused-ring (bicyclic) bond motifs is 1. The maximum absolute atomic E-state index is 13.2. The molecule has 2 atom stereocenters. The number of nitrogens with two attached hydrogens (primary N) is 1. The van der Waals surface area contributed by atoms with E-state index in [2.05, 4.69) is 11.3 Å². The monoisotopic (exact) mass is 459 g/mol. The van der Waals surface area contributed by atoms with Gasteiger partial charge in [-0.2, -0.15) is 0 Å². The minimum Gasteiger partial charge on any atom is -0.366 e. The molecule has 177 valence electrons. The van der Waals surface area contributed by atoms with Crippen molar-refractivity contribution in [2.45, 2.75) is 19.3 Å². The quantitative estimate of drug-likeness (QED) is 0.690. The van der Waals surface area contributed by atoms with E-state index in [1.54, 1.807) is 11.0 Å². The number of primary amides is 1. The van der Waals surface area contributed by atoms with E-state index in [0.29, 0.717) is 29.4 Å². The number of benzene rings is 2. The van der Waals surface area contributed by atoms with Crippen LogP contribution in [0.2, 0.25) is 0 Å². The highest BCUT2D eigenvalue weighted by Crippen LogP contribution is 2.32. The van der Waals surface area contributed by atoms with Crippen molar-refractivity contribution < 1.29 is 14.4 Å². The third-order valence-electron chi connectivity index (χ3n) is 7.36. The molecule has 3 aliphatic heterocycles. The van der Waals surface area contributed by atoms with Gasteiger partial charge in [0.1, 0.15) is 0 Å². The van der Waals surface area contributed by atoms with Gasteiger partial charge in [-0.25, -0.2) is 0 Å². The Labute approximate surface area is 200 Å². The minimum absolute atomic E-state index is 0.0610. The fraction of sp³-hybridized carbons (Fsp3) is 0.407. The number of likely N-dealkylation sites (tertiary alicyclic amines) is 2. The van der Waals surface area contributed by atoms with Crippen molar-refractivity contribution in [3.8, 4) is 0 Å². The molecule has 0 bridgehead atoms. The summed E-state index contributed by atoms with van der Waals surface area (Å²) in [6.07, 6.45) is 4.40. The zero-order valence-electron chi connectivity index (χ0n) is 19.4. The van der Waals surface area contributed by atoms with E-state index >= 15 is 0 Å². The number of amides is 3. The SMILES string of the molecule is NC(=O)c1ccccc1[CH]CCN1CC2CN(C(=O)c3cccc(N4CCCC4=O)c3)C[C@@H]2C1. The number of carbonyl (C=O) groups is 3. The third kappa shape index (κ3) is 4.57. The molecule has 34 heavy (non-hydrogen) atoms. The number of hydrogen-bond donors (Lipinski definition) is 1. The van der Waals surface area contributed by atoms with Gasteiger partial charge in [0, 0.05) is 56.0 Å². The number of nitrogens with zero attached hydrogens (tertiary/aromatic N) is 3. The summed E-state index contributed by atoms with van der Waals surface area (Å²) < 4.78 is 0. The second kappa shape index (κ2) is 9.58. The van der Waals surface area contributed by atoms with Crippen molar-refractivity contribution in [1.29, 1.82) is 0 Å². The molecule has 0 spiro atoms. The van der Waals surface area contributed by atoms with Gasteiger partial charge >= 0.3 is 0 Å². The number of rotatable bonds is 7. The van der Waals surface area contributed by atoms with Crippen LogP contribution < -0.4 is 10.6 Å². The van der Waals surface area contributed by atoms with Gasteiger partial charge in [-0.3, -0.25) is 14.4 Å². The maximum Gasteiger partial charge on any atom is 0.253 e. The summed E-state index contributed by atoms with van der Waals surface area (Å²) >= 11 is 0. The Morgan fingerprint density at radius 2 is 1.76 bits per heavy atom. The lowest BCUT2D eigenvalue weighted by Gasteiger charge is -2.22. The van der Waals surface area contributed by atoms with E-state index in [1.165, 1.54) is 0 Å². The second-order valence-corrected chi connectivity index (χ2v) is 9.63. The van der Waals surface area contributed by atoms with Crippen LogP contribution in [0.3, 0.4) is 0 Å². The smallest absolute Gasteiger partial charge is 0.253 e. The van der Waals surface area contributed by atoms with E-state index in [0.717, 1.165) is 63.4 Å². The van der Waals surface area contributed by atoms with Crippen molar-refractivity contribution in [2.24, 2.45) is 17.6 Å². The van der Waals surface area contributed by atoms with Gasteiger partial charge in [-0.05, 0) is 67.5 Å². The van der Waals surface area contributed by atoms with Crippen molar-refractivity contribution in [2.75, 3.05) is 44.2 Å². The fourth-order valence-corrected chi connectivity index (χ4v) is 5.65. The standard InChI is InChI=1S/C27H31N4O3/c28-26(33)24-10-2-1-6-19(24)8-4-12-29-15-21-17-30(18-22(21)16-29)27(34)20-7-3-9-23(14-20)31-13-5-11-25(31)32/h1-3,6-10,14,21-22H,4-5,11-13,15-18H2,(H2,28,33)/t21-,22?/m0/s1. The topological polar surface area (TPSA) is 87.0 Å². The lowest BCUT2D eigenvalue weighted by molar-refractivity contribution is -0.117. The number of carbonyl (C=O) groups excluding carboxylic acids is 3. The van der Waals surface area contributed by atoms with Crippen LogP contribution in [0.1, 0.15) is 45.5 Å². The largest absolute Gasteiger partial charge is 0.366 e. The summed E-state index contributed by atoms with van der Waals surface area (Å²) in [7, 11) is 0. The summed E-state index contributed by atoms with van der Waals surface area (Å²) in [5.41, 5.74) is 8.42. The van der Waals surface area contributed by atoms with Crippen molar-refractivity contribution in [3.05, 3.63) is 71.6 Å². The predicted octanol–water partition coefficient (Wildman–Crippen LogP) is 2.56. The zero-order chi connectivity index (χ0) is 23.7. The van der Waals surface area contributed by atoms with Gasteiger partial charge in [0.2, 0.25) is 11.8 Å². The van der Waals surface area contributed by atoms with Crippen LogP contribution in [0.5, 0.6) is 0 Å². The molecule has 0 aromatic heterocycles. The van der Waals surface area contributed by atoms with Gasteiger partial charge in [-0.1, -0.05) is 24.3 Å². The predicted molar refractivity (Wildman–Crippen MR) is 130 cm³/mol. The zero-order valence-corrected chi connectivity index (χ0v) is 19.4. The van der Waals surface area contributed by atoms with E-state index in [4.69, 9.17) is 5.73 Å². The highest BCUT2D eigenvalue weighted by molar-refractivity contribution is 5.99. The number of anilines is 1. The van der Waals surface area contributed by atoms with E-state index in [-0.39, 0.29) is 11.8 Å². The molecule has 2 aromatic carbocycles. The average Bonchev–Trinajstić information content (AvgIpc) is 3.54. The summed E-state index contributed by atoms with van der Waals surface area (Å²) in [4.78, 5) is 43.1. The van der Waals surface area contributed by atoms with Crippen LogP contribution in [0, 0.1) is 18.3 Å². The summed E-state index contributed by atoms with van der Waals surface area (Å²) in [6.45, 7) is 5.19. The fourth-order valence-electron chi connectivity index (χ4n) is 5.65. The molecule has 3 saturated heterocycles. The summed E-state index contributed by atoms with van der Waals surface area (Å²) in [5, 5.41) is 0. The molecule has 2 N–H and O–H groups in total. The van der Waals surface area contributed by atoms with Crippen LogP contribution in [-0.2, 0) is 4.79 Å². The molecule has 5 rings (SSSR count). The molecule has 3 aliphatic rings. The Hall–Kier alpha value is -3.19. The molecule has 2 aromatic rings. The molecular formula is C27H31N4O3. The molecule has 7 heteroatoms. The molecule has 0 saturated carbocycles. The number of hydrogen-bond acceptors (Lipinski definition) is 4. The third-order valence-corrected chi connectivity index (χ3v) is 7.36. The molecule has 1 unspecified atom stereocenters. The Kier molecular flexibility index (Phi) is 6.37. The maximum atomic E-state index is 13.2. The van der Waals surface area contributed by atoms with E-state index in [9.17, 15) is 14.4 Å². The normalized spacial score (nSPS) is 22.4. The Balaban J connectivity index is 1.13. The first-order chi connectivity index (χ1) is 16.5. The molecule has 1 radical (unpaired) electrons. The first kappa shape index (κ1) is 22.6. The van der Waals surface area contributed by atoms with Crippen LogP contribution >= 0.6 is 0 Å². The Morgan fingerprint density at radius 3 is 2.47 bits per heavy atom. The van der Waals surface area contributed by atoms with Crippen LogP contribution in [-0.4, -0.2) is 66.8 Å². The lowest BCUT2D eigenvalue weighted by Crippen LogP contribution is -2.33. The van der Waals surface area contributed by atoms with Crippen LogP contribution in [0.25, 0.3) is 0 Å². The van der Waals surface area contributed by atoms with Crippen molar-refractivity contribution in [1.82, 2.24) is 9.80 Å². The molecule has 3 heterocycles. The molecule has 3 fully saturated rings. The second-order valence-electron chi connectivity index (χ2n) is 9.63. The van der Waals surface area contributed by atoms with Gasteiger partial charge in [0.05, 0.1) is 0 Å². The first-order valence-electron chi connectivity index (χ1n) is 12.1. The van der Waals surface area contributed by atoms with Crippen molar-refractivity contribution in [3.63, 3.8) is 0 Å². The van der Waals surface area contributed by atoms with Crippen LogP contribution in [0.4, 0.5) is 5.69 Å². The molecule has 3 amide bonds. The molecule has 0 aliphatic carbocycles. The van der Waals surface area contributed by atoms with Gasteiger partial charge in [0.15, 0.2) is 0 Å². The van der Waals surface area contributed by atoms with E-state index < -0.39 is 5.91 Å². The first-order valence-corrected chi connectivity index (χ1v) is 12.1. The Morgan fingerprint density at radius 1 is 1.00 bits per heavy atom. The summed E-state index contributed by atoms with van der Waals surface area (Å²) in [5.74, 6) is 0.780. The highest BCUT2D eigenvalue weighted by Gasteiger charge is 2.41. The lowest BCUT2D eigenvalue weighted by atomic mass is 10.0. The average molecular weight is 460 g/mol.